The fourth-order valence-corrected chi connectivity index (χ4v) is 1.09. The number of fused-ring (bicyclic) bond motifs is 1. The van der Waals surface area contributed by atoms with E-state index in [1.54, 1.807) is 0 Å². The third kappa shape index (κ3) is 0.518. The average molecular weight is 129 g/mol. The molecule has 0 bridgehead atoms. The van der Waals surface area contributed by atoms with Crippen LogP contribution in [0.4, 0.5) is 0 Å². The van der Waals surface area contributed by atoms with Crippen molar-refractivity contribution in [2.45, 2.75) is 12.2 Å². The van der Waals surface area contributed by atoms with Gasteiger partial charge in [0.1, 0.15) is 12.2 Å². The normalized spacial score (nSPS) is 40.9. The first-order chi connectivity index (χ1) is 3.88. The summed E-state index contributed by atoms with van der Waals surface area (Å²) in [5, 5.41) is 0.831. The van der Waals surface area contributed by atoms with Crippen molar-refractivity contribution in [1.29, 1.82) is 0 Å². The van der Waals surface area contributed by atoms with E-state index < -0.39 is 0 Å². The molecule has 2 rings (SSSR count). The molecule has 42 valence electrons. The topological polar surface area (TPSA) is 12.5 Å². The average Bonchev–Trinajstić information content (AvgIpc) is 2.45. The minimum Gasteiger partial charge on any atom is -0.359 e. The summed E-state index contributed by atoms with van der Waals surface area (Å²) in [5.41, 5.74) is 0. The Kier molecular flexibility index (Phi) is 0.783. The Labute approximate surface area is 52.6 Å². The first-order valence-electron chi connectivity index (χ1n) is 2.57. The minimum atomic E-state index is 0.210. The second kappa shape index (κ2) is 1.36. The third-order valence-electron chi connectivity index (χ3n) is 1.35. The Morgan fingerprint density at radius 3 is 3.12 bits per heavy atom. The summed E-state index contributed by atoms with van der Waals surface area (Å²) in [4.78, 5) is 0. The van der Waals surface area contributed by atoms with E-state index in [1.807, 2.05) is 18.2 Å². The van der Waals surface area contributed by atoms with E-state index in [2.05, 4.69) is 0 Å². The molecule has 1 nitrogen and oxygen atoms in total. The number of ether oxygens (including phenoxy) is 1. The van der Waals surface area contributed by atoms with Crippen LogP contribution in [-0.4, -0.2) is 12.2 Å². The molecular formula is C6H5ClO. The summed E-state index contributed by atoms with van der Waals surface area (Å²) in [7, 11) is 0. The molecule has 0 N–H and O–H groups in total. The van der Waals surface area contributed by atoms with Crippen molar-refractivity contribution in [3.8, 4) is 0 Å². The lowest BCUT2D eigenvalue weighted by Crippen LogP contribution is -1.92. The predicted molar refractivity (Wildman–Crippen MR) is 31.7 cm³/mol. The molecule has 0 aromatic rings. The Hall–Kier alpha value is -0.270. The molecule has 0 aromatic heterocycles. The lowest BCUT2D eigenvalue weighted by atomic mass is 10.2. The molecule has 2 aliphatic rings. The highest BCUT2D eigenvalue weighted by Crippen LogP contribution is 2.34. The van der Waals surface area contributed by atoms with Crippen LogP contribution < -0.4 is 0 Å². The largest absolute Gasteiger partial charge is 0.359 e. The maximum absolute atomic E-state index is 5.69. The molecule has 1 saturated heterocycles. The van der Waals surface area contributed by atoms with Gasteiger partial charge in [0.15, 0.2) is 0 Å². The first kappa shape index (κ1) is 4.59. The van der Waals surface area contributed by atoms with Crippen molar-refractivity contribution in [3.05, 3.63) is 23.3 Å². The SMILES string of the molecule is ClC1=CC=C[C@H]2OC12. The summed E-state index contributed by atoms with van der Waals surface area (Å²) in [6.07, 6.45) is 6.32. The molecule has 0 amide bonds. The van der Waals surface area contributed by atoms with E-state index in [1.165, 1.54) is 0 Å². The van der Waals surface area contributed by atoms with Gasteiger partial charge in [-0.05, 0) is 6.08 Å². The number of allylic oxidation sites excluding steroid dienone is 2. The van der Waals surface area contributed by atoms with Gasteiger partial charge in [-0.1, -0.05) is 23.8 Å². The van der Waals surface area contributed by atoms with E-state index in [9.17, 15) is 0 Å². The zero-order valence-corrected chi connectivity index (χ0v) is 4.93. The fraction of sp³-hybridized carbons (Fsp3) is 0.333. The third-order valence-corrected chi connectivity index (χ3v) is 1.69. The highest BCUT2D eigenvalue weighted by atomic mass is 35.5. The lowest BCUT2D eigenvalue weighted by Gasteiger charge is -1.90. The van der Waals surface area contributed by atoms with Crippen LogP contribution in [0.5, 0.6) is 0 Å². The zero-order chi connectivity index (χ0) is 5.56. The lowest BCUT2D eigenvalue weighted by molar-refractivity contribution is 0.412. The van der Waals surface area contributed by atoms with Gasteiger partial charge in [0.2, 0.25) is 0 Å². The van der Waals surface area contributed by atoms with Crippen molar-refractivity contribution in [2.24, 2.45) is 0 Å². The van der Waals surface area contributed by atoms with Gasteiger partial charge in [0.25, 0.3) is 0 Å². The fourth-order valence-electron chi connectivity index (χ4n) is 0.844. The van der Waals surface area contributed by atoms with E-state index in [4.69, 9.17) is 16.3 Å². The van der Waals surface area contributed by atoms with Gasteiger partial charge in [-0.2, -0.15) is 0 Å². The molecule has 0 spiro atoms. The molecule has 0 saturated carbocycles. The summed E-state index contributed by atoms with van der Waals surface area (Å²) < 4.78 is 5.10. The van der Waals surface area contributed by atoms with Gasteiger partial charge in [-0.25, -0.2) is 0 Å². The van der Waals surface area contributed by atoms with Gasteiger partial charge in [0, 0.05) is 5.03 Å². The maximum Gasteiger partial charge on any atom is 0.124 e. The molecule has 1 aliphatic heterocycles. The van der Waals surface area contributed by atoms with E-state index >= 15 is 0 Å². The number of rotatable bonds is 0. The second-order valence-electron chi connectivity index (χ2n) is 1.96. The number of hydrogen-bond donors (Lipinski definition) is 0. The first-order valence-corrected chi connectivity index (χ1v) is 2.95. The molecule has 2 heteroatoms. The number of epoxide rings is 1. The van der Waals surface area contributed by atoms with Crippen LogP contribution in [0.15, 0.2) is 23.3 Å². The smallest absolute Gasteiger partial charge is 0.124 e. The van der Waals surface area contributed by atoms with Gasteiger partial charge in [0.05, 0.1) is 0 Å². The van der Waals surface area contributed by atoms with Gasteiger partial charge < -0.3 is 4.74 Å². The highest BCUT2D eigenvalue weighted by molar-refractivity contribution is 6.30. The van der Waals surface area contributed by atoms with E-state index in [-0.39, 0.29) is 6.10 Å². The summed E-state index contributed by atoms with van der Waals surface area (Å²) in [6.45, 7) is 0. The van der Waals surface area contributed by atoms with Crippen molar-refractivity contribution < 1.29 is 4.74 Å². The van der Waals surface area contributed by atoms with Crippen LogP contribution in [-0.2, 0) is 4.74 Å². The molecule has 1 heterocycles. The molecule has 1 aliphatic carbocycles. The van der Waals surface area contributed by atoms with Gasteiger partial charge in [-0.15, -0.1) is 0 Å². The zero-order valence-electron chi connectivity index (χ0n) is 4.17. The quantitative estimate of drug-likeness (QED) is 0.450. The predicted octanol–water partition coefficient (Wildman–Crippen LogP) is 1.45. The monoisotopic (exact) mass is 128 g/mol. The highest BCUT2D eigenvalue weighted by Gasteiger charge is 2.40. The van der Waals surface area contributed by atoms with Crippen LogP contribution in [0.25, 0.3) is 0 Å². The number of halogens is 1. The Bertz CT molecular complexity index is 171. The van der Waals surface area contributed by atoms with Crippen molar-refractivity contribution >= 4 is 11.6 Å². The standard InChI is InChI=1S/C6H5ClO/c7-4-2-1-3-5-6(4)8-5/h1-3,5-6H/t5-,6?/m1/s1. The summed E-state index contributed by atoms with van der Waals surface area (Å²) >= 11 is 5.69. The Morgan fingerprint density at radius 1 is 1.62 bits per heavy atom. The minimum absolute atomic E-state index is 0.210. The number of hydrogen-bond acceptors (Lipinski definition) is 1. The van der Waals surface area contributed by atoms with Crippen molar-refractivity contribution in [2.75, 3.05) is 0 Å². The van der Waals surface area contributed by atoms with E-state index in [0.717, 1.165) is 5.03 Å². The van der Waals surface area contributed by atoms with Gasteiger partial charge >= 0.3 is 0 Å². The van der Waals surface area contributed by atoms with Crippen LogP contribution in [0.1, 0.15) is 0 Å². The molecular weight excluding hydrogens is 124 g/mol. The van der Waals surface area contributed by atoms with Crippen molar-refractivity contribution in [3.63, 3.8) is 0 Å². The molecule has 1 unspecified atom stereocenters. The van der Waals surface area contributed by atoms with E-state index in [0.29, 0.717) is 6.10 Å². The maximum atomic E-state index is 5.69. The molecule has 8 heavy (non-hydrogen) atoms. The molecule has 2 atom stereocenters. The molecule has 1 fully saturated rings. The van der Waals surface area contributed by atoms with Crippen LogP contribution in [0.3, 0.4) is 0 Å². The molecule has 0 aromatic carbocycles. The summed E-state index contributed by atoms with van der Waals surface area (Å²) in [5.74, 6) is 0. The second-order valence-corrected chi connectivity index (χ2v) is 2.39. The van der Waals surface area contributed by atoms with Crippen LogP contribution >= 0.6 is 11.6 Å². The Balaban J connectivity index is 2.30. The van der Waals surface area contributed by atoms with Crippen molar-refractivity contribution in [1.82, 2.24) is 0 Å². The van der Waals surface area contributed by atoms with Crippen LogP contribution in [0, 0.1) is 0 Å². The summed E-state index contributed by atoms with van der Waals surface area (Å²) in [6, 6.07) is 0. The molecule has 0 radical (unpaired) electrons. The van der Waals surface area contributed by atoms with Crippen LogP contribution in [0.2, 0.25) is 0 Å². The van der Waals surface area contributed by atoms with Gasteiger partial charge in [-0.3, -0.25) is 0 Å². The Morgan fingerprint density at radius 2 is 2.50 bits per heavy atom.